The van der Waals surface area contributed by atoms with E-state index in [4.69, 9.17) is 16.7 Å². The van der Waals surface area contributed by atoms with Crippen LogP contribution in [-0.2, 0) is 5.75 Å². The number of halogens is 2. The largest absolute Gasteiger partial charge is 0.491 e. The number of aromatic amines is 1. The maximum absolute atomic E-state index is 12.8. The van der Waals surface area contributed by atoms with E-state index < -0.39 is 17.3 Å². The molecule has 5 nitrogen and oxygen atoms in total. The molecule has 0 saturated heterocycles. The number of nitrogens with zero attached hydrogens (tertiary/aromatic N) is 2. The van der Waals surface area contributed by atoms with Crippen molar-refractivity contribution in [1.82, 2.24) is 15.0 Å². The summed E-state index contributed by atoms with van der Waals surface area (Å²) in [5, 5.41) is 9.72. The van der Waals surface area contributed by atoms with Crippen LogP contribution >= 0.6 is 23.4 Å². The Bertz CT molecular complexity index is 635. The summed E-state index contributed by atoms with van der Waals surface area (Å²) in [5.41, 5.74) is -0.331. The van der Waals surface area contributed by atoms with Gasteiger partial charge in [0.15, 0.2) is 5.16 Å². The van der Waals surface area contributed by atoms with Gasteiger partial charge in [-0.05, 0) is 12.1 Å². The molecule has 0 aliphatic rings. The number of hydrogen-bond donors (Lipinski definition) is 2. The minimum absolute atomic E-state index is 0.112. The summed E-state index contributed by atoms with van der Waals surface area (Å²) in [4.78, 5) is 20.8. The van der Waals surface area contributed by atoms with E-state index in [0.29, 0.717) is 16.5 Å². The van der Waals surface area contributed by atoms with Crippen molar-refractivity contribution in [3.05, 3.63) is 45.2 Å². The van der Waals surface area contributed by atoms with Crippen LogP contribution in [0.3, 0.4) is 0 Å². The lowest BCUT2D eigenvalue weighted by molar-refractivity contribution is 0.397. The molecule has 0 aliphatic carbocycles. The first-order valence-electron chi connectivity index (χ1n) is 4.78. The Labute approximate surface area is 110 Å². The van der Waals surface area contributed by atoms with Crippen LogP contribution in [-0.4, -0.2) is 20.1 Å². The topological polar surface area (TPSA) is 78.9 Å². The van der Waals surface area contributed by atoms with E-state index >= 15 is 0 Å². The maximum atomic E-state index is 12.8. The SMILES string of the molecule is O=c1[nH]c(SCc2cc(Cl)ccn2)nc(O)c1F. The lowest BCUT2D eigenvalue weighted by Gasteiger charge is -2.02. The predicted molar refractivity (Wildman–Crippen MR) is 65.3 cm³/mol. The maximum Gasteiger partial charge on any atom is 0.291 e. The average molecular weight is 288 g/mol. The molecule has 2 aromatic heterocycles. The highest BCUT2D eigenvalue weighted by Crippen LogP contribution is 2.20. The van der Waals surface area contributed by atoms with Gasteiger partial charge >= 0.3 is 0 Å². The minimum atomic E-state index is -1.29. The smallest absolute Gasteiger partial charge is 0.291 e. The average Bonchev–Trinajstić information content (AvgIpc) is 2.33. The Balaban J connectivity index is 2.14. The minimum Gasteiger partial charge on any atom is -0.491 e. The van der Waals surface area contributed by atoms with E-state index in [-0.39, 0.29) is 5.16 Å². The van der Waals surface area contributed by atoms with E-state index in [1.54, 1.807) is 18.3 Å². The van der Waals surface area contributed by atoms with Crippen LogP contribution in [0.25, 0.3) is 0 Å². The summed E-state index contributed by atoms with van der Waals surface area (Å²) < 4.78 is 12.8. The zero-order chi connectivity index (χ0) is 13.1. The number of aromatic hydroxyl groups is 1. The van der Waals surface area contributed by atoms with Crippen molar-refractivity contribution in [2.45, 2.75) is 10.9 Å². The van der Waals surface area contributed by atoms with Gasteiger partial charge in [-0.3, -0.25) is 14.8 Å². The van der Waals surface area contributed by atoms with Gasteiger partial charge < -0.3 is 5.11 Å². The number of rotatable bonds is 3. The van der Waals surface area contributed by atoms with Crippen LogP contribution in [0.1, 0.15) is 5.69 Å². The second kappa shape index (κ2) is 5.36. The van der Waals surface area contributed by atoms with E-state index in [9.17, 15) is 9.18 Å². The molecule has 0 fully saturated rings. The number of nitrogens with one attached hydrogen (secondary N) is 1. The lowest BCUT2D eigenvalue weighted by Crippen LogP contribution is -2.12. The molecule has 94 valence electrons. The zero-order valence-corrected chi connectivity index (χ0v) is 10.4. The van der Waals surface area contributed by atoms with E-state index in [1.165, 1.54) is 0 Å². The first-order valence-corrected chi connectivity index (χ1v) is 6.14. The molecular formula is C10H7ClFN3O2S. The molecule has 0 amide bonds. The molecule has 0 bridgehead atoms. The van der Waals surface area contributed by atoms with Crippen LogP contribution < -0.4 is 5.56 Å². The summed E-state index contributed by atoms with van der Waals surface area (Å²) in [6.07, 6.45) is 1.55. The van der Waals surface area contributed by atoms with Crippen molar-refractivity contribution >= 4 is 23.4 Å². The first-order chi connectivity index (χ1) is 8.56. The molecule has 0 aliphatic heterocycles. The fourth-order valence-corrected chi connectivity index (χ4v) is 2.11. The van der Waals surface area contributed by atoms with Crippen LogP contribution in [0.15, 0.2) is 28.3 Å². The highest BCUT2D eigenvalue weighted by atomic mass is 35.5. The summed E-state index contributed by atoms with van der Waals surface area (Å²) in [6.45, 7) is 0. The number of H-pyrrole nitrogens is 1. The molecular weight excluding hydrogens is 281 g/mol. The summed E-state index contributed by atoms with van der Waals surface area (Å²) in [6, 6.07) is 3.30. The molecule has 2 aromatic rings. The summed E-state index contributed by atoms with van der Waals surface area (Å²) >= 11 is 6.89. The van der Waals surface area contributed by atoms with Crippen molar-refractivity contribution in [1.29, 1.82) is 0 Å². The van der Waals surface area contributed by atoms with Crippen LogP contribution in [0.5, 0.6) is 5.88 Å². The molecule has 0 unspecified atom stereocenters. The predicted octanol–water partition coefficient (Wildman–Crippen LogP) is 1.96. The van der Waals surface area contributed by atoms with Crippen LogP contribution in [0.4, 0.5) is 4.39 Å². The lowest BCUT2D eigenvalue weighted by atomic mass is 10.4. The van der Waals surface area contributed by atoms with Crippen LogP contribution in [0, 0.1) is 5.82 Å². The normalized spacial score (nSPS) is 10.6. The summed E-state index contributed by atoms with van der Waals surface area (Å²) in [7, 11) is 0. The Morgan fingerprint density at radius 2 is 2.33 bits per heavy atom. The van der Waals surface area contributed by atoms with Gasteiger partial charge in [-0.2, -0.15) is 9.37 Å². The Hall–Kier alpha value is -1.60. The molecule has 2 N–H and O–H groups in total. The third-order valence-corrected chi connectivity index (χ3v) is 3.10. The fraction of sp³-hybridized carbons (Fsp3) is 0.100. The van der Waals surface area contributed by atoms with Gasteiger partial charge in [0.1, 0.15) is 0 Å². The van der Waals surface area contributed by atoms with E-state index in [0.717, 1.165) is 11.8 Å². The third kappa shape index (κ3) is 2.99. The molecule has 0 radical (unpaired) electrons. The molecule has 2 rings (SSSR count). The van der Waals surface area contributed by atoms with Crippen LogP contribution in [0.2, 0.25) is 5.02 Å². The number of aromatic nitrogens is 3. The molecule has 0 aromatic carbocycles. The van der Waals surface area contributed by atoms with Gasteiger partial charge in [0.05, 0.1) is 5.69 Å². The van der Waals surface area contributed by atoms with Gasteiger partial charge in [0, 0.05) is 17.0 Å². The van der Waals surface area contributed by atoms with E-state index in [2.05, 4.69) is 15.0 Å². The second-order valence-electron chi connectivity index (χ2n) is 3.26. The zero-order valence-electron chi connectivity index (χ0n) is 8.85. The van der Waals surface area contributed by atoms with Gasteiger partial charge in [0.2, 0.25) is 5.82 Å². The molecule has 18 heavy (non-hydrogen) atoms. The standard InChI is InChI=1S/C10H7ClFN3O2S/c11-5-1-2-13-6(3-5)4-18-10-14-8(16)7(12)9(17)15-10/h1-3H,4H2,(H2,14,15,16,17). The van der Waals surface area contributed by atoms with Crippen molar-refractivity contribution in [3.63, 3.8) is 0 Å². The molecule has 0 spiro atoms. The quantitative estimate of drug-likeness (QED) is 0.666. The van der Waals surface area contributed by atoms with Crippen molar-refractivity contribution < 1.29 is 9.50 Å². The van der Waals surface area contributed by atoms with Gasteiger partial charge in [0.25, 0.3) is 11.4 Å². The highest BCUT2D eigenvalue weighted by Gasteiger charge is 2.10. The molecule has 0 saturated carbocycles. The van der Waals surface area contributed by atoms with Gasteiger partial charge in [-0.1, -0.05) is 23.4 Å². The monoisotopic (exact) mass is 287 g/mol. The Morgan fingerprint density at radius 3 is 3.00 bits per heavy atom. The van der Waals surface area contributed by atoms with Crippen molar-refractivity contribution in [2.24, 2.45) is 0 Å². The molecule has 2 heterocycles. The van der Waals surface area contributed by atoms with E-state index in [1.807, 2.05) is 0 Å². The first kappa shape index (κ1) is 12.8. The van der Waals surface area contributed by atoms with Crippen molar-refractivity contribution in [3.8, 4) is 5.88 Å². The van der Waals surface area contributed by atoms with Crippen molar-refractivity contribution in [2.75, 3.05) is 0 Å². The third-order valence-electron chi connectivity index (χ3n) is 1.96. The number of thioether (sulfide) groups is 1. The second-order valence-corrected chi connectivity index (χ2v) is 4.66. The molecule has 0 atom stereocenters. The highest BCUT2D eigenvalue weighted by molar-refractivity contribution is 7.98. The molecule has 8 heteroatoms. The Morgan fingerprint density at radius 1 is 1.56 bits per heavy atom. The number of pyridine rings is 1. The fourth-order valence-electron chi connectivity index (χ4n) is 1.17. The summed E-state index contributed by atoms with van der Waals surface area (Å²) in [5.74, 6) is -1.82. The Kier molecular flexibility index (Phi) is 3.83. The van der Waals surface area contributed by atoms with Gasteiger partial charge in [-0.25, -0.2) is 0 Å². The number of hydrogen-bond acceptors (Lipinski definition) is 5. The van der Waals surface area contributed by atoms with Gasteiger partial charge in [-0.15, -0.1) is 0 Å².